The van der Waals surface area contributed by atoms with Crippen molar-refractivity contribution in [1.82, 2.24) is 15.1 Å². The highest BCUT2D eigenvalue weighted by Crippen LogP contribution is 2.02. The van der Waals surface area contributed by atoms with Crippen LogP contribution in [0.15, 0.2) is 0 Å². The van der Waals surface area contributed by atoms with Crippen LogP contribution in [0.5, 0.6) is 0 Å². The van der Waals surface area contributed by atoms with Gasteiger partial charge in [0.25, 0.3) is 0 Å². The smallest absolute Gasteiger partial charge is 0.304 e. The van der Waals surface area contributed by atoms with E-state index in [9.17, 15) is 9.59 Å². The summed E-state index contributed by atoms with van der Waals surface area (Å²) in [5.74, 6) is -0.0605. The number of carbonyl (C=O) groups excluding carboxylic acids is 1. The summed E-state index contributed by atoms with van der Waals surface area (Å²) in [6.07, 6.45) is 1.20. The molecule has 1 heterocycles. The average molecular weight is 285 g/mol. The predicted molar refractivity (Wildman–Crippen MR) is 77.6 cm³/mol. The summed E-state index contributed by atoms with van der Waals surface area (Å²) in [4.78, 5) is 26.5. The van der Waals surface area contributed by atoms with E-state index in [1.54, 1.807) is 0 Å². The monoisotopic (exact) mass is 285 g/mol. The molecule has 0 aromatic rings. The zero-order chi connectivity index (χ0) is 15.0. The average Bonchev–Trinajstić information content (AvgIpc) is 2.37. The van der Waals surface area contributed by atoms with E-state index in [1.165, 1.54) is 0 Å². The number of amides is 1. The molecule has 0 spiro atoms. The van der Waals surface area contributed by atoms with Gasteiger partial charge in [0.15, 0.2) is 0 Å². The molecule has 20 heavy (non-hydrogen) atoms. The van der Waals surface area contributed by atoms with E-state index >= 15 is 0 Å². The fourth-order valence-corrected chi connectivity index (χ4v) is 2.18. The maximum Gasteiger partial charge on any atom is 0.304 e. The molecule has 6 heteroatoms. The molecule has 0 atom stereocenters. The van der Waals surface area contributed by atoms with Gasteiger partial charge in [0.2, 0.25) is 5.91 Å². The number of carboxylic acids is 1. The molecule has 116 valence electrons. The quantitative estimate of drug-likeness (QED) is 0.668. The zero-order valence-electron chi connectivity index (χ0n) is 12.6. The van der Waals surface area contributed by atoms with Crippen molar-refractivity contribution in [2.75, 3.05) is 45.8 Å². The largest absolute Gasteiger partial charge is 0.481 e. The fourth-order valence-electron chi connectivity index (χ4n) is 2.18. The van der Waals surface area contributed by atoms with Crippen LogP contribution >= 0.6 is 0 Å². The Kier molecular flexibility index (Phi) is 7.54. The lowest BCUT2D eigenvalue weighted by atomic mass is 10.1. The molecular weight excluding hydrogens is 258 g/mol. The van der Waals surface area contributed by atoms with Crippen LogP contribution in [0.4, 0.5) is 0 Å². The van der Waals surface area contributed by atoms with Gasteiger partial charge in [0.1, 0.15) is 0 Å². The Morgan fingerprint density at radius 1 is 1.15 bits per heavy atom. The zero-order valence-corrected chi connectivity index (χ0v) is 12.6. The molecule has 1 saturated heterocycles. The topological polar surface area (TPSA) is 72.9 Å². The van der Waals surface area contributed by atoms with E-state index < -0.39 is 5.97 Å². The van der Waals surface area contributed by atoms with E-state index in [-0.39, 0.29) is 12.3 Å². The lowest BCUT2D eigenvalue weighted by molar-refractivity contribution is -0.137. The van der Waals surface area contributed by atoms with Crippen molar-refractivity contribution in [3.05, 3.63) is 0 Å². The number of nitrogens with zero attached hydrogens (tertiary/aromatic N) is 2. The molecule has 1 rings (SSSR count). The minimum atomic E-state index is -0.753. The number of piperazine rings is 1. The second-order valence-electron chi connectivity index (χ2n) is 5.79. The van der Waals surface area contributed by atoms with Gasteiger partial charge in [-0.2, -0.15) is 0 Å². The van der Waals surface area contributed by atoms with Crippen molar-refractivity contribution >= 4 is 11.9 Å². The first-order valence-electron chi connectivity index (χ1n) is 7.40. The van der Waals surface area contributed by atoms with Crippen molar-refractivity contribution in [1.29, 1.82) is 0 Å². The van der Waals surface area contributed by atoms with Gasteiger partial charge in [-0.3, -0.25) is 14.5 Å². The first-order chi connectivity index (χ1) is 9.47. The molecule has 1 aliphatic heterocycles. The Morgan fingerprint density at radius 2 is 1.75 bits per heavy atom. The molecule has 1 fully saturated rings. The van der Waals surface area contributed by atoms with Gasteiger partial charge in [-0.05, 0) is 12.3 Å². The highest BCUT2D eigenvalue weighted by molar-refractivity contribution is 5.77. The first kappa shape index (κ1) is 16.9. The summed E-state index contributed by atoms with van der Waals surface area (Å²) >= 11 is 0. The highest BCUT2D eigenvalue weighted by atomic mass is 16.4. The van der Waals surface area contributed by atoms with Crippen LogP contribution in [0.3, 0.4) is 0 Å². The van der Waals surface area contributed by atoms with Crippen LogP contribution in [-0.2, 0) is 9.59 Å². The van der Waals surface area contributed by atoms with Crippen molar-refractivity contribution in [2.45, 2.75) is 26.7 Å². The predicted octanol–water partition coefficient (Wildman–Crippen LogP) is 0.241. The van der Waals surface area contributed by atoms with Crippen LogP contribution in [0.2, 0.25) is 0 Å². The standard InChI is InChI=1S/C14H27N3O3/c1-12(2)3-5-15-13(18)11-17-9-7-16(8-10-17)6-4-14(19)20/h12H,3-11H2,1-2H3,(H,15,18)(H,19,20). The molecule has 1 aliphatic rings. The number of hydrogen-bond donors (Lipinski definition) is 2. The van der Waals surface area contributed by atoms with Crippen molar-refractivity contribution in [2.24, 2.45) is 5.92 Å². The number of aliphatic carboxylic acids is 1. The minimum absolute atomic E-state index is 0.0876. The molecule has 0 aromatic carbocycles. The lowest BCUT2D eigenvalue weighted by Gasteiger charge is -2.33. The van der Waals surface area contributed by atoms with E-state index in [0.717, 1.165) is 39.1 Å². The van der Waals surface area contributed by atoms with Gasteiger partial charge in [0, 0.05) is 39.3 Å². The Morgan fingerprint density at radius 3 is 2.30 bits per heavy atom. The summed E-state index contributed by atoms with van der Waals surface area (Å²) in [6.45, 7) is 9.42. The molecule has 6 nitrogen and oxygen atoms in total. The van der Waals surface area contributed by atoms with E-state index in [1.807, 2.05) is 0 Å². The summed E-state index contributed by atoms with van der Waals surface area (Å²) in [5.41, 5.74) is 0. The SMILES string of the molecule is CC(C)CCNC(=O)CN1CCN(CCC(=O)O)CC1. The van der Waals surface area contributed by atoms with Gasteiger partial charge < -0.3 is 15.3 Å². The summed E-state index contributed by atoms with van der Waals surface area (Å²) < 4.78 is 0. The second kappa shape index (κ2) is 8.92. The van der Waals surface area contributed by atoms with Crippen LogP contribution in [-0.4, -0.2) is 72.6 Å². The molecule has 0 aromatic heterocycles. The summed E-state index contributed by atoms with van der Waals surface area (Å²) in [6, 6.07) is 0. The van der Waals surface area contributed by atoms with E-state index in [0.29, 0.717) is 19.0 Å². The minimum Gasteiger partial charge on any atom is -0.481 e. The molecule has 0 radical (unpaired) electrons. The van der Waals surface area contributed by atoms with Crippen molar-refractivity contribution in [3.8, 4) is 0 Å². The molecule has 0 saturated carbocycles. The number of rotatable bonds is 8. The fraction of sp³-hybridized carbons (Fsp3) is 0.857. The van der Waals surface area contributed by atoms with Gasteiger partial charge in [-0.15, -0.1) is 0 Å². The van der Waals surface area contributed by atoms with Crippen LogP contribution < -0.4 is 5.32 Å². The maximum atomic E-state index is 11.7. The third-order valence-electron chi connectivity index (χ3n) is 3.52. The van der Waals surface area contributed by atoms with Crippen LogP contribution in [0.25, 0.3) is 0 Å². The molecule has 2 N–H and O–H groups in total. The third kappa shape index (κ3) is 7.45. The Balaban J connectivity index is 2.12. The second-order valence-corrected chi connectivity index (χ2v) is 5.79. The van der Waals surface area contributed by atoms with E-state index in [4.69, 9.17) is 5.11 Å². The Labute approximate surface area is 121 Å². The number of carbonyl (C=O) groups is 2. The molecule has 1 amide bonds. The summed E-state index contributed by atoms with van der Waals surface area (Å²) in [5, 5.41) is 11.6. The number of carboxylic acid groups (broad SMARTS) is 1. The maximum absolute atomic E-state index is 11.7. The Hall–Kier alpha value is -1.14. The highest BCUT2D eigenvalue weighted by Gasteiger charge is 2.19. The van der Waals surface area contributed by atoms with Crippen molar-refractivity contribution < 1.29 is 14.7 Å². The number of nitrogens with one attached hydrogen (secondary N) is 1. The van der Waals surface area contributed by atoms with Crippen LogP contribution in [0, 0.1) is 5.92 Å². The van der Waals surface area contributed by atoms with Crippen molar-refractivity contribution in [3.63, 3.8) is 0 Å². The molecular formula is C14H27N3O3. The van der Waals surface area contributed by atoms with Gasteiger partial charge >= 0.3 is 5.97 Å². The van der Waals surface area contributed by atoms with Gasteiger partial charge in [-0.25, -0.2) is 0 Å². The third-order valence-corrected chi connectivity index (χ3v) is 3.52. The lowest BCUT2D eigenvalue weighted by Crippen LogP contribution is -2.49. The van der Waals surface area contributed by atoms with E-state index in [2.05, 4.69) is 29.0 Å². The summed E-state index contributed by atoms with van der Waals surface area (Å²) in [7, 11) is 0. The molecule has 0 unspecified atom stereocenters. The Bertz CT molecular complexity index is 313. The molecule has 0 aliphatic carbocycles. The van der Waals surface area contributed by atoms with Gasteiger partial charge in [-0.1, -0.05) is 13.8 Å². The first-order valence-corrected chi connectivity index (χ1v) is 7.40. The molecule has 0 bridgehead atoms. The van der Waals surface area contributed by atoms with Crippen LogP contribution in [0.1, 0.15) is 26.7 Å². The van der Waals surface area contributed by atoms with Gasteiger partial charge in [0.05, 0.1) is 13.0 Å². The number of hydrogen-bond acceptors (Lipinski definition) is 4. The normalized spacial score (nSPS) is 17.4.